The average molecular weight is 530 g/mol. The first-order valence-electron chi connectivity index (χ1n) is 11.8. The molecule has 1 N–H and O–H groups in total. The average Bonchev–Trinajstić information content (AvgIpc) is 2.89. The number of carbonyl (C=O) groups excluding carboxylic acids is 2. The molecule has 3 aromatic carbocycles. The van der Waals surface area contributed by atoms with Gasteiger partial charge in [-0.15, -0.1) is 0 Å². The van der Waals surface area contributed by atoms with Crippen LogP contribution in [-0.4, -0.2) is 44.3 Å². The molecule has 37 heavy (non-hydrogen) atoms. The van der Waals surface area contributed by atoms with Crippen molar-refractivity contribution in [3.8, 4) is 0 Å². The molecular weight excluding hydrogens is 500 g/mol. The molecule has 0 aliphatic rings. The summed E-state index contributed by atoms with van der Waals surface area (Å²) in [5, 5.41) is 2.69. The van der Waals surface area contributed by atoms with Crippen LogP contribution in [0.2, 0.25) is 0 Å². The van der Waals surface area contributed by atoms with Crippen molar-refractivity contribution in [2.24, 2.45) is 0 Å². The van der Waals surface area contributed by atoms with Gasteiger partial charge >= 0.3 is 0 Å². The number of hydrogen-bond donors (Lipinski definition) is 1. The SMILES string of the molecule is CCNC(=O)[C@H](CC)N(Cc1ccc(F)cc1)C(=O)CN(c1ccccc1F)S(=O)(=O)c1ccccc1. The lowest BCUT2D eigenvalue weighted by molar-refractivity contribution is -0.140. The minimum absolute atomic E-state index is 0.0781. The number of halogens is 2. The first-order chi connectivity index (χ1) is 17.7. The van der Waals surface area contributed by atoms with Gasteiger partial charge in [-0.3, -0.25) is 13.9 Å². The van der Waals surface area contributed by atoms with Gasteiger partial charge in [0, 0.05) is 13.1 Å². The zero-order valence-corrected chi connectivity index (χ0v) is 21.4. The highest BCUT2D eigenvalue weighted by atomic mass is 32.2. The van der Waals surface area contributed by atoms with Gasteiger partial charge in [-0.1, -0.05) is 49.4 Å². The summed E-state index contributed by atoms with van der Waals surface area (Å²) < 4.78 is 56.2. The van der Waals surface area contributed by atoms with Gasteiger partial charge in [0.25, 0.3) is 10.0 Å². The fourth-order valence-corrected chi connectivity index (χ4v) is 5.33. The van der Waals surface area contributed by atoms with Crippen LogP contribution in [0, 0.1) is 11.6 Å². The lowest BCUT2D eigenvalue weighted by Gasteiger charge is -2.33. The van der Waals surface area contributed by atoms with E-state index < -0.39 is 46.1 Å². The zero-order chi connectivity index (χ0) is 27.0. The fourth-order valence-electron chi connectivity index (χ4n) is 3.89. The van der Waals surface area contributed by atoms with Crippen LogP contribution in [0.15, 0.2) is 83.8 Å². The second kappa shape index (κ2) is 12.4. The molecule has 3 aromatic rings. The molecule has 0 spiro atoms. The number of benzene rings is 3. The van der Waals surface area contributed by atoms with Crippen LogP contribution in [0.5, 0.6) is 0 Å². The van der Waals surface area contributed by atoms with Crippen LogP contribution in [0.25, 0.3) is 0 Å². The Morgan fingerprint density at radius 3 is 2.11 bits per heavy atom. The Labute approximate surface area is 215 Å². The third-order valence-electron chi connectivity index (χ3n) is 5.73. The first kappa shape index (κ1) is 27.8. The predicted octanol–water partition coefficient (Wildman–Crippen LogP) is 4.10. The molecule has 0 heterocycles. The van der Waals surface area contributed by atoms with Gasteiger partial charge in [-0.2, -0.15) is 0 Å². The summed E-state index contributed by atoms with van der Waals surface area (Å²) in [6, 6.07) is 17.2. The van der Waals surface area contributed by atoms with E-state index in [2.05, 4.69) is 5.32 Å². The van der Waals surface area contributed by atoms with E-state index in [-0.39, 0.29) is 23.5 Å². The quantitative estimate of drug-likeness (QED) is 0.405. The van der Waals surface area contributed by atoms with E-state index in [4.69, 9.17) is 0 Å². The van der Waals surface area contributed by atoms with Crippen LogP contribution in [0.3, 0.4) is 0 Å². The maximum Gasteiger partial charge on any atom is 0.264 e. The highest BCUT2D eigenvalue weighted by molar-refractivity contribution is 7.92. The van der Waals surface area contributed by atoms with Crippen molar-refractivity contribution < 1.29 is 26.8 Å². The van der Waals surface area contributed by atoms with Crippen molar-refractivity contribution in [2.45, 2.75) is 37.8 Å². The van der Waals surface area contributed by atoms with Gasteiger partial charge in [0.2, 0.25) is 11.8 Å². The number of nitrogens with one attached hydrogen (secondary N) is 1. The summed E-state index contributed by atoms with van der Waals surface area (Å²) >= 11 is 0. The maximum absolute atomic E-state index is 14.8. The van der Waals surface area contributed by atoms with Gasteiger partial charge in [0.05, 0.1) is 10.6 Å². The molecule has 0 aliphatic heterocycles. The molecule has 2 amide bonds. The van der Waals surface area contributed by atoms with Gasteiger partial charge in [0.1, 0.15) is 24.2 Å². The molecule has 196 valence electrons. The van der Waals surface area contributed by atoms with Crippen LogP contribution in [0.1, 0.15) is 25.8 Å². The number of sulfonamides is 1. The third-order valence-corrected chi connectivity index (χ3v) is 7.51. The number of amides is 2. The van der Waals surface area contributed by atoms with Crippen LogP contribution in [-0.2, 0) is 26.2 Å². The standard InChI is InChI=1S/C27H29F2N3O4S/c1-3-24(27(34)30-4-2)31(18-20-14-16-21(28)17-15-20)26(33)19-32(25-13-9-8-12-23(25)29)37(35,36)22-10-6-5-7-11-22/h5-17,24H,3-4,18-19H2,1-2H3,(H,30,34)/t24-/m0/s1. The lowest BCUT2D eigenvalue weighted by Crippen LogP contribution is -2.52. The molecule has 0 aliphatic carbocycles. The Morgan fingerprint density at radius 2 is 1.51 bits per heavy atom. The summed E-state index contributed by atoms with van der Waals surface area (Å²) in [5.74, 6) is -2.42. The predicted molar refractivity (Wildman–Crippen MR) is 137 cm³/mol. The van der Waals surface area contributed by atoms with Gasteiger partial charge < -0.3 is 10.2 Å². The summed E-state index contributed by atoms with van der Waals surface area (Å²) in [6.45, 7) is 2.96. The molecule has 0 saturated heterocycles. The molecule has 0 saturated carbocycles. The zero-order valence-electron chi connectivity index (χ0n) is 20.6. The molecule has 0 radical (unpaired) electrons. The normalized spacial score (nSPS) is 12.0. The maximum atomic E-state index is 14.8. The van der Waals surface area contributed by atoms with E-state index in [0.717, 1.165) is 6.07 Å². The van der Waals surface area contributed by atoms with Crippen molar-refractivity contribution in [2.75, 3.05) is 17.4 Å². The minimum Gasteiger partial charge on any atom is -0.355 e. The lowest BCUT2D eigenvalue weighted by atomic mass is 10.1. The molecule has 0 bridgehead atoms. The Balaban J connectivity index is 2.05. The topological polar surface area (TPSA) is 86.8 Å². The van der Waals surface area contributed by atoms with E-state index in [0.29, 0.717) is 16.4 Å². The van der Waals surface area contributed by atoms with Gasteiger partial charge in [-0.25, -0.2) is 17.2 Å². The molecule has 0 unspecified atom stereocenters. The van der Waals surface area contributed by atoms with Crippen molar-refractivity contribution in [3.63, 3.8) is 0 Å². The second-order valence-electron chi connectivity index (χ2n) is 8.24. The highest BCUT2D eigenvalue weighted by Crippen LogP contribution is 2.27. The highest BCUT2D eigenvalue weighted by Gasteiger charge is 2.34. The Bertz CT molecular complexity index is 1320. The monoisotopic (exact) mass is 529 g/mol. The number of rotatable bonds is 11. The van der Waals surface area contributed by atoms with E-state index >= 15 is 0 Å². The molecule has 3 rings (SSSR count). The third kappa shape index (κ3) is 6.71. The van der Waals surface area contributed by atoms with Crippen molar-refractivity contribution in [1.82, 2.24) is 10.2 Å². The van der Waals surface area contributed by atoms with E-state index in [1.807, 2.05) is 0 Å². The molecule has 1 atom stereocenters. The number of hydrogen-bond acceptors (Lipinski definition) is 4. The number of para-hydroxylation sites is 1. The van der Waals surface area contributed by atoms with E-state index in [1.165, 1.54) is 71.6 Å². The number of carbonyl (C=O) groups is 2. The minimum atomic E-state index is -4.35. The van der Waals surface area contributed by atoms with Crippen molar-refractivity contribution in [3.05, 3.63) is 96.1 Å². The molecule has 0 aromatic heterocycles. The van der Waals surface area contributed by atoms with Crippen LogP contribution >= 0.6 is 0 Å². The van der Waals surface area contributed by atoms with Crippen molar-refractivity contribution in [1.29, 1.82) is 0 Å². The Morgan fingerprint density at radius 1 is 0.892 bits per heavy atom. The second-order valence-corrected chi connectivity index (χ2v) is 10.1. The smallest absolute Gasteiger partial charge is 0.264 e. The van der Waals surface area contributed by atoms with Crippen LogP contribution < -0.4 is 9.62 Å². The molecule has 7 nitrogen and oxygen atoms in total. The molecule has 10 heteroatoms. The number of anilines is 1. The summed E-state index contributed by atoms with van der Waals surface area (Å²) in [7, 11) is -4.35. The molecule has 0 fully saturated rings. The summed E-state index contributed by atoms with van der Waals surface area (Å²) in [6.07, 6.45) is 0.240. The van der Waals surface area contributed by atoms with Crippen LogP contribution in [0.4, 0.5) is 14.5 Å². The van der Waals surface area contributed by atoms with E-state index in [1.54, 1.807) is 19.9 Å². The largest absolute Gasteiger partial charge is 0.355 e. The number of nitrogens with zero attached hydrogens (tertiary/aromatic N) is 2. The fraction of sp³-hybridized carbons (Fsp3) is 0.259. The summed E-state index contributed by atoms with van der Waals surface area (Å²) in [4.78, 5) is 27.7. The Hall–Kier alpha value is -3.79. The van der Waals surface area contributed by atoms with Gasteiger partial charge in [-0.05, 0) is 55.3 Å². The first-order valence-corrected chi connectivity index (χ1v) is 13.3. The van der Waals surface area contributed by atoms with Crippen molar-refractivity contribution >= 4 is 27.5 Å². The Kier molecular flexibility index (Phi) is 9.35. The number of likely N-dealkylation sites (N-methyl/N-ethyl adjacent to an activating group) is 1. The van der Waals surface area contributed by atoms with E-state index in [9.17, 15) is 26.8 Å². The molecular formula is C27H29F2N3O4S. The van der Waals surface area contributed by atoms with Gasteiger partial charge in [0.15, 0.2) is 0 Å². The summed E-state index contributed by atoms with van der Waals surface area (Å²) in [5.41, 5.74) is 0.244.